The van der Waals surface area contributed by atoms with Gasteiger partial charge in [-0.05, 0) is 57.8 Å². The Morgan fingerprint density at radius 1 is 1.11 bits per heavy atom. The lowest BCUT2D eigenvalue weighted by atomic mass is 9.85. The predicted octanol–water partition coefficient (Wildman–Crippen LogP) is 1.83. The third-order valence-corrected chi connectivity index (χ3v) is 8.94. The van der Waals surface area contributed by atoms with Crippen LogP contribution in [0.4, 0.5) is 4.79 Å². The van der Waals surface area contributed by atoms with E-state index in [1.165, 1.54) is 11.0 Å². The maximum absolute atomic E-state index is 13.8. The molecule has 0 bridgehead atoms. The van der Waals surface area contributed by atoms with Gasteiger partial charge in [-0.3, -0.25) is 19.1 Å². The summed E-state index contributed by atoms with van der Waals surface area (Å²) in [6.45, 7) is 16.5. The van der Waals surface area contributed by atoms with E-state index in [1.54, 1.807) is 41.5 Å². The van der Waals surface area contributed by atoms with Crippen molar-refractivity contribution in [3.8, 4) is 0 Å². The molecule has 214 valence electrons. The highest BCUT2D eigenvalue weighted by molar-refractivity contribution is 7.91. The summed E-state index contributed by atoms with van der Waals surface area (Å²) in [6.07, 6.45) is 2.35. The van der Waals surface area contributed by atoms with Crippen molar-refractivity contribution in [2.45, 2.75) is 103 Å². The normalized spacial score (nSPS) is 28.2. The monoisotopic (exact) mass is 554 g/mol. The second kappa shape index (κ2) is 10.2. The van der Waals surface area contributed by atoms with Crippen LogP contribution in [-0.2, 0) is 29.1 Å². The number of hydrogen-bond donors (Lipinski definition) is 3. The second-order valence-electron chi connectivity index (χ2n) is 13.0. The minimum Gasteiger partial charge on any atom is -0.444 e. The molecule has 5 atom stereocenters. The molecule has 1 heterocycles. The molecule has 4 amide bonds. The lowest BCUT2D eigenvalue weighted by Gasteiger charge is -2.36. The number of nitrogens with one attached hydrogen (secondary N) is 3. The van der Waals surface area contributed by atoms with Gasteiger partial charge >= 0.3 is 6.09 Å². The van der Waals surface area contributed by atoms with Gasteiger partial charge < -0.3 is 20.3 Å². The third kappa shape index (κ3) is 6.68. The second-order valence-corrected chi connectivity index (χ2v) is 14.9. The summed E-state index contributed by atoms with van der Waals surface area (Å²) in [5.41, 5.74) is -2.88. The van der Waals surface area contributed by atoms with Gasteiger partial charge in [0.2, 0.25) is 21.8 Å². The lowest BCUT2D eigenvalue weighted by molar-refractivity contribution is -0.143. The molecule has 12 heteroatoms. The first-order valence-corrected chi connectivity index (χ1v) is 14.7. The van der Waals surface area contributed by atoms with Crippen molar-refractivity contribution in [2.75, 3.05) is 6.54 Å². The summed E-state index contributed by atoms with van der Waals surface area (Å²) >= 11 is 0. The van der Waals surface area contributed by atoms with E-state index >= 15 is 0 Å². The van der Waals surface area contributed by atoms with E-state index < -0.39 is 73.6 Å². The van der Waals surface area contributed by atoms with Crippen molar-refractivity contribution in [3.05, 3.63) is 12.7 Å². The van der Waals surface area contributed by atoms with Crippen LogP contribution < -0.4 is 15.4 Å². The summed E-state index contributed by atoms with van der Waals surface area (Å²) < 4.78 is 32.2. The van der Waals surface area contributed by atoms with E-state index in [9.17, 15) is 27.6 Å². The van der Waals surface area contributed by atoms with Crippen LogP contribution in [0.3, 0.4) is 0 Å². The molecule has 3 N–H and O–H groups in total. The molecular weight excluding hydrogens is 512 g/mol. The highest BCUT2D eigenvalue weighted by Crippen LogP contribution is 2.45. The number of ether oxygens (including phenoxy) is 1. The van der Waals surface area contributed by atoms with E-state index in [-0.39, 0.29) is 12.3 Å². The van der Waals surface area contributed by atoms with Gasteiger partial charge in [0.1, 0.15) is 23.2 Å². The van der Waals surface area contributed by atoms with Crippen molar-refractivity contribution in [1.29, 1.82) is 0 Å². The van der Waals surface area contributed by atoms with Crippen LogP contribution in [0, 0.1) is 17.3 Å². The van der Waals surface area contributed by atoms with Crippen molar-refractivity contribution in [3.63, 3.8) is 0 Å². The van der Waals surface area contributed by atoms with Crippen molar-refractivity contribution in [1.82, 2.24) is 20.3 Å². The number of likely N-dealkylation sites (tertiary alicyclic amines) is 1. The van der Waals surface area contributed by atoms with Crippen LogP contribution in [0.1, 0.15) is 74.1 Å². The SMILES string of the molecule is C=CC1CC1(NC(=O)C1CC(C)CN1C(=O)C(NC(=O)OC(C)(C)C)C(C)(C)C)C(=O)NS(=O)(=O)C1CC1. The lowest BCUT2D eigenvalue weighted by Crippen LogP contribution is -2.60. The van der Waals surface area contributed by atoms with Gasteiger partial charge in [-0.15, -0.1) is 6.58 Å². The number of amides is 4. The molecule has 38 heavy (non-hydrogen) atoms. The molecule has 3 rings (SSSR count). The number of rotatable bonds is 8. The molecule has 0 radical (unpaired) electrons. The number of sulfonamides is 1. The van der Waals surface area contributed by atoms with E-state index in [0.717, 1.165) is 0 Å². The first-order valence-electron chi connectivity index (χ1n) is 13.1. The predicted molar refractivity (Wildman–Crippen MR) is 141 cm³/mol. The fraction of sp³-hybridized carbons (Fsp3) is 0.769. The average molecular weight is 555 g/mol. The number of nitrogens with zero attached hydrogens (tertiary/aromatic N) is 1. The first-order chi connectivity index (χ1) is 17.3. The zero-order valence-corrected chi connectivity index (χ0v) is 24.2. The Labute approximate surface area is 225 Å². The largest absolute Gasteiger partial charge is 0.444 e. The fourth-order valence-corrected chi connectivity index (χ4v) is 6.16. The number of carbonyl (C=O) groups excluding carboxylic acids is 4. The minimum atomic E-state index is -3.80. The van der Waals surface area contributed by atoms with E-state index in [4.69, 9.17) is 4.74 Å². The van der Waals surface area contributed by atoms with Gasteiger partial charge in [-0.25, -0.2) is 13.2 Å². The molecular formula is C26H42N4O7S. The Morgan fingerprint density at radius 3 is 2.18 bits per heavy atom. The number of hydrogen-bond acceptors (Lipinski definition) is 7. The summed E-state index contributed by atoms with van der Waals surface area (Å²) in [5, 5.41) is 4.84. The summed E-state index contributed by atoms with van der Waals surface area (Å²) in [5.74, 6) is -2.20. The topological polar surface area (TPSA) is 151 Å². The van der Waals surface area contributed by atoms with Crippen molar-refractivity contribution >= 4 is 33.8 Å². The van der Waals surface area contributed by atoms with Gasteiger partial charge in [-0.2, -0.15) is 0 Å². The van der Waals surface area contributed by atoms with Crippen LogP contribution in [-0.4, -0.2) is 72.2 Å². The highest BCUT2D eigenvalue weighted by atomic mass is 32.2. The Hall–Kier alpha value is -2.63. The van der Waals surface area contributed by atoms with Crippen LogP contribution in [0.25, 0.3) is 0 Å². The van der Waals surface area contributed by atoms with Crippen LogP contribution in [0.2, 0.25) is 0 Å². The molecule has 3 fully saturated rings. The molecule has 11 nitrogen and oxygen atoms in total. The molecule has 2 saturated carbocycles. The number of alkyl carbamates (subject to hydrolysis) is 1. The molecule has 0 aromatic carbocycles. The Bertz CT molecular complexity index is 1100. The maximum Gasteiger partial charge on any atom is 0.408 e. The number of carbonyl (C=O) groups is 4. The standard InChI is InChI=1S/C26H42N4O7S/c1-9-16-13-26(16,22(33)29-38(35,36)17-10-11-17)28-20(31)18-12-15(2)14-30(18)21(32)19(24(3,4)5)27-23(34)37-25(6,7)8/h9,15-19H,1,10-14H2,2-8H3,(H,27,34)(H,28,31)(H,29,33). The van der Waals surface area contributed by atoms with E-state index in [0.29, 0.717) is 25.8 Å². The molecule has 5 unspecified atom stereocenters. The first kappa shape index (κ1) is 29.9. The fourth-order valence-electron chi connectivity index (χ4n) is 4.80. The van der Waals surface area contributed by atoms with Crippen LogP contribution in [0.15, 0.2) is 12.7 Å². The van der Waals surface area contributed by atoms with Gasteiger partial charge in [0.15, 0.2) is 0 Å². The Kier molecular flexibility index (Phi) is 8.00. The molecule has 0 spiro atoms. The molecule has 1 saturated heterocycles. The summed E-state index contributed by atoms with van der Waals surface area (Å²) in [4.78, 5) is 54.3. The summed E-state index contributed by atoms with van der Waals surface area (Å²) in [7, 11) is -3.80. The van der Waals surface area contributed by atoms with Crippen LogP contribution in [0.5, 0.6) is 0 Å². The van der Waals surface area contributed by atoms with Gasteiger partial charge in [0.05, 0.1) is 5.25 Å². The Balaban J connectivity index is 1.79. The molecule has 0 aromatic heterocycles. The van der Waals surface area contributed by atoms with E-state index in [2.05, 4.69) is 21.9 Å². The Morgan fingerprint density at radius 2 is 1.71 bits per heavy atom. The van der Waals surface area contributed by atoms with Gasteiger partial charge in [0.25, 0.3) is 5.91 Å². The minimum absolute atomic E-state index is 0.00808. The highest BCUT2D eigenvalue weighted by Gasteiger charge is 2.62. The van der Waals surface area contributed by atoms with E-state index in [1.807, 2.05) is 6.92 Å². The quantitative estimate of drug-likeness (QED) is 0.387. The van der Waals surface area contributed by atoms with Crippen LogP contribution >= 0.6 is 0 Å². The van der Waals surface area contributed by atoms with Gasteiger partial charge in [0, 0.05) is 12.5 Å². The molecule has 0 aromatic rings. The molecule has 3 aliphatic rings. The average Bonchev–Trinajstić information content (AvgIpc) is 3.66. The van der Waals surface area contributed by atoms with Crippen molar-refractivity contribution in [2.24, 2.45) is 17.3 Å². The van der Waals surface area contributed by atoms with Crippen molar-refractivity contribution < 1.29 is 32.3 Å². The zero-order valence-electron chi connectivity index (χ0n) is 23.4. The summed E-state index contributed by atoms with van der Waals surface area (Å²) in [6, 6.07) is -1.86. The van der Waals surface area contributed by atoms with Gasteiger partial charge in [-0.1, -0.05) is 33.8 Å². The maximum atomic E-state index is 13.8. The zero-order chi connectivity index (χ0) is 28.8. The molecule has 2 aliphatic carbocycles. The third-order valence-electron chi connectivity index (χ3n) is 7.12. The molecule has 1 aliphatic heterocycles. The smallest absolute Gasteiger partial charge is 0.408 e.